The zero-order chi connectivity index (χ0) is 28.3. The third kappa shape index (κ3) is 13.5. The normalized spacial score (nSPS) is 15.1. The first-order valence-electron chi connectivity index (χ1n) is 12.9. The number of phosphoric acid groups is 2. The van der Waals surface area contributed by atoms with E-state index < -0.39 is 26.8 Å². The number of hydrogen-bond donors (Lipinski definition) is 4. The van der Waals surface area contributed by atoms with Crippen LogP contribution in [0.5, 0.6) is 0 Å². The van der Waals surface area contributed by atoms with E-state index in [-0.39, 0.29) is 13.2 Å². The lowest BCUT2D eigenvalue weighted by molar-refractivity contribution is -0.119. The molecule has 220 valence electrons. The van der Waals surface area contributed by atoms with E-state index in [1.54, 1.807) is 62.4 Å². The molecule has 2 aromatic carbocycles. The van der Waals surface area contributed by atoms with Gasteiger partial charge in [0.1, 0.15) is 17.0 Å². The van der Waals surface area contributed by atoms with Gasteiger partial charge in [0.25, 0.3) is 0 Å². The molecule has 0 bridgehead atoms. The van der Waals surface area contributed by atoms with Gasteiger partial charge in [-0.3, -0.25) is 13.8 Å². The van der Waals surface area contributed by atoms with Crippen molar-refractivity contribution in [3.8, 4) is 0 Å². The number of hydrogen-bond acceptors (Lipinski definition) is 5. The predicted molar refractivity (Wildman–Crippen MR) is 152 cm³/mol. The van der Waals surface area contributed by atoms with E-state index >= 15 is 0 Å². The van der Waals surface area contributed by atoms with Gasteiger partial charge in [-0.2, -0.15) is 0 Å². The largest absolute Gasteiger partial charge is 0.470 e. The minimum atomic E-state index is -4.68. The maximum atomic E-state index is 12.3. The van der Waals surface area contributed by atoms with Crippen molar-refractivity contribution in [2.45, 2.75) is 96.7 Å². The molecule has 0 aliphatic rings. The van der Waals surface area contributed by atoms with Crippen LogP contribution in [-0.2, 0) is 34.2 Å². The minimum absolute atomic E-state index is 0. The van der Waals surface area contributed by atoms with Crippen molar-refractivity contribution in [2.24, 2.45) is 0 Å². The van der Waals surface area contributed by atoms with Crippen LogP contribution >= 0.6 is 15.6 Å². The van der Waals surface area contributed by atoms with E-state index in [1.807, 2.05) is 12.1 Å². The molecule has 2 atom stereocenters. The number of Topliss-reactive ketones (excluding diaryl/α,β-unsaturated/α-hetero) is 1. The van der Waals surface area contributed by atoms with Crippen molar-refractivity contribution < 1.29 is 42.5 Å². The van der Waals surface area contributed by atoms with Gasteiger partial charge < -0.3 is 19.6 Å². The van der Waals surface area contributed by atoms with Crippen molar-refractivity contribution >= 4 is 21.4 Å². The van der Waals surface area contributed by atoms with Gasteiger partial charge >= 0.3 is 15.6 Å². The monoisotopic (exact) mass is 586 g/mol. The summed E-state index contributed by atoms with van der Waals surface area (Å²) in [5, 5.41) is 0. The van der Waals surface area contributed by atoms with Crippen molar-refractivity contribution in [1.29, 1.82) is 0 Å². The summed E-state index contributed by atoms with van der Waals surface area (Å²) < 4.78 is 33.3. The molecule has 11 heteroatoms. The number of carbonyl (C=O) groups is 1. The summed E-state index contributed by atoms with van der Waals surface area (Å²) in [5.41, 5.74) is -0.868. The standard InChI is InChI=1S/C27H40O9P2.CH4/c1-26(35-37(29,30)31,23-15-7-3-8-16-23)21-13-5-11-19-25(28)20-12-6-14-22-27(2,36-38(32,33)34)24-17-9-4-10-18-24;/h3-4,7-10,15-18H,5-6,11-14,19-22H2,1-2H3,(H2,29,30,31)(H2,32,33,34);1H4. The first-order chi connectivity index (χ1) is 17.7. The first-order valence-corrected chi connectivity index (χ1v) is 15.9. The Balaban J connectivity index is 0.00000760. The summed E-state index contributed by atoms with van der Waals surface area (Å²) in [6.45, 7) is 3.33. The topological polar surface area (TPSA) is 151 Å². The van der Waals surface area contributed by atoms with E-state index in [4.69, 9.17) is 9.05 Å². The fraction of sp³-hybridized carbons (Fsp3) is 0.536. The van der Waals surface area contributed by atoms with Gasteiger partial charge in [-0.25, -0.2) is 9.13 Å². The lowest BCUT2D eigenvalue weighted by Gasteiger charge is -2.30. The van der Waals surface area contributed by atoms with Crippen LogP contribution in [0, 0.1) is 0 Å². The van der Waals surface area contributed by atoms with Gasteiger partial charge in [-0.15, -0.1) is 0 Å². The number of rotatable bonds is 18. The third-order valence-corrected chi connectivity index (χ3v) is 7.91. The second kappa shape index (κ2) is 15.9. The second-order valence-corrected chi connectivity index (χ2v) is 12.3. The molecule has 0 amide bonds. The lowest BCUT2D eigenvalue weighted by Crippen LogP contribution is -2.24. The molecule has 0 saturated carbocycles. The van der Waals surface area contributed by atoms with E-state index in [2.05, 4.69) is 0 Å². The van der Waals surface area contributed by atoms with Crippen molar-refractivity contribution in [3.63, 3.8) is 0 Å². The summed E-state index contributed by atoms with van der Waals surface area (Å²) in [6, 6.07) is 17.9. The van der Waals surface area contributed by atoms with Crippen LogP contribution in [0.2, 0.25) is 0 Å². The van der Waals surface area contributed by atoms with Gasteiger partial charge in [-0.05, 0) is 50.7 Å². The maximum absolute atomic E-state index is 12.3. The number of unbranched alkanes of at least 4 members (excludes halogenated alkanes) is 4. The molecule has 4 N–H and O–H groups in total. The Morgan fingerprint density at radius 1 is 0.641 bits per heavy atom. The maximum Gasteiger partial charge on any atom is 0.470 e. The van der Waals surface area contributed by atoms with Crippen molar-refractivity contribution in [3.05, 3.63) is 71.8 Å². The fourth-order valence-electron chi connectivity index (χ4n) is 4.64. The number of ketones is 1. The Kier molecular flexibility index (Phi) is 14.5. The molecule has 0 aromatic heterocycles. The highest BCUT2D eigenvalue weighted by Crippen LogP contribution is 2.48. The number of carbonyl (C=O) groups excluding carboxylic acids is 1. The minimum Gasteiger partial charge on any atom is -0.303 e. The van der Waals surface area contributed by atoms with Gasteiger partial charge in [-0.1, -0.05) is 93.8 Å². The molecular formula is C28H44O9P2. The summed E-state index contributed by atoms with van der Waals surface area (Å²) >= 11 is 0. The van der Waals surface area contributed by atoms with Crippen LogP contribution in [0.15, 0.2) is 60.7 Å². The highest BCUT2D eigenvalue weighted by atomic mass is 31.2. The van der Waals surface area contributed by atoms with Gasteiger partial charge in [0.05, 0.1) is 0 Å². The molecule has 2 unspecified atom stereocenters. The average molecular weight is 587 g/mol. The Hall–Kier alpha value is -1.67. The summed E-state index contributed by atoms with van der Waals surface area (Å²) in [6.07, 6.45) is 5.81. The van der Waals surface area contributed by atoms with E-state index in [0.29, 0.717) is 62.5 Å². The van der Waals surface area contributed by atoms with E-state index in [9.17, 15) is 33.5 Å². The molecule has 0 spiro atoms. The summed E-state index contributed by atoms with van der Waals surface area (Å²) in [4.78, 5) is 49.8. The molecule has 9 nitrogen and oxygen atoms in total. The zero-order valence-electron chi connectivity index (χ0n) is 22.1. The first kappa shape index (κ1) is 35.4. The van der Waals surface area contributed by atoms with Crippen molar-refractivity contribution in [2.75, 3.05) is 0 Å². The van der Waals surface area contributed by atoms with Crippen LogP contribution < -0.4 is 0 Å². The van der Waals surface area contributed by atoms with Crippen molar-refractivity contribution in [1.82, 2.24) is 0 Å². The van der Waals surface area contributed by atoms with Crippen LogP contribution in [0.3, 0.4) is 0 Å². The summed E-state index contributed by atoms with van der Waals surface area (Å²) in [7, 11) is -9.36. The molecular weight excluding hydrogens is 542 g/mol. The van der Waals surface area contributed by atoms with E-state index in [0.717, 1.165) is 12.8 Å². The molecule has 0 saturated heterocycles. The lowest BCUT2D eigenvalue weighted by atomic mass is 9.89. The molecule has 2 aromatic rings. The molecule has 0 aliphatic heterocycles. The summed E-state index contributed by atoms with van der Waals surface area (Å²) in [5.74, 6) is 0.152. The van der Waals surface area contributed by atoms with Crippen LogP contribution in [0.1, 0.15) is 96.6 Å². The number of phosphoric ester groups is 2. The molecule has 0 aliphatic carbocycles. The van der Waals surface area contributed by atoms with Gasteiger partial charge in [0.2, 0.25) is 0 Å². The quantitative estimate of drug-likeness (QED) is 0.105. The second-order valence-electron chi connectivity index (χ2n) is 10.0. The Morgan fingerprint density at radius 2 is 0.974 bits per heavy atom. The highest BCUT2D eigenvalue weighted by molar-refractivity contribution is 7.46. The predicted octanol–water partition coefficient (Wildman–Crippen LogP) is 7.14. The highest BCUT2D eigenvalue weighted by Gasteiger charge is 2.35. The average Bonchev–Trinajstić information content (AvgIpc) is 2.82. The molecule has 0 fully saturated rings. The Bertz CT molecular complexity index is 999. The third-order valence-electron chi connectivity index (χ3n) is 6.63. The fourth-order valence-corrected chi connectivity index (χ4v) is 6.08. The van der Waals surface area contributed by atoms with E-state index in [1.165, 1.54) is 0 Å². The Labute approximate surface area is 232 Å². The molecule has 2 rings (SSSR count). The van der Waals surface area contributed by atoms with Crippen LogP contribution in [0.25, 0.3) is 0 Å². The molecule has 39 heavy (non-hydrogen) atoms. The van der Waals surface area contributed by atoms with Gasteiger partial charge in [0, 0.05) is 12.8 Å². The Morgan fingerprint density at radius 3 is 1.28 bits per heavy atom. The van der Waals surface area contributed by atoms with Crippen LogP contribution in [-0.4, -0.2) is 25.4 Å². The van der Waals surface area contributed by atoms with Crippen LogP contribution in [0.4, 0.5) is 0 Å². The molecule has 0 heterocycles. The smallest absolute Gasteiger partial charge is 0.303 e. The molecule has 0 radical (unpaired) electrons. The zero-order valence-corrected chi connectivity index (χ0v) is 23.9. The number of benzene rings is 2. The SMILES string of the molecule is C.CC(CCCCCC(=O)CCCCCC(C)(OP(=O)(O)O)c1ccccc1)(OP(=O)(O)O)c1ccccc1. The van der Waals surface area contributed by atoms with Gasteiger partial charge in [0.15, 0.2) is 0 Å².